The number of aliphatic carboxylic acids is 1. The molecule has 0 aromatic rings. The fourth-order valence-electron chi connectivity index (χ4n) is 5.22. The summed E-state index contributed by atoms with van der Waals surface area (Å²) in [6.07, 6.45) is 8.60. The van der Waals surface area contributed by atoms with E-state index in [2.05, 4.69) is 24.1 Å². The SMILES string of the molecule is CC(=C[C@H](C(C)C)N(C)C(=O)[C@H](NC(=O)C1CCCCN1C(C)C)C1CCCC1)C(=O)O. The average molecular weight is 450 g/mol. The molecule has 3 atom stereocenters. The molecule has 0 bridgehead atoms. The largest absolute Gasteiger partial charge is 0.478 e. The van der Waals surface area contributed by atoms with Gasteiger partial charge in [-0.3, -0.25) is 14.5 Å². The lowest BCUT2D eigenvalue weighted by Gasteiger charge is -2.39. The number of hydrogen-bond donors (Lipinski definition) is 2. The zero-order valence-corrected chi connectivity index (χ0v) is 20.8. The van der Waals surface area contributed by atoms with Crippen LogP contribution in [-0.4, -0.2) is 70.4 Å². The van der Waals surface area contributed by atoms with Gasteiger partial charge in [-0.05, 0) is 64.8 Å². The fraction of sp³-hybridized carbons (Fsp3) is 0.800. The minimum atomic E-state index is -0.983. The minimum absolute atomic E-state index is 0.0459. The van der Waals surface area contributed by atoms with Gasteiger partial charge in [0, 0.05) is 18.7 Å². The smallest absolute Gasteiger partial charge is 0.331 e. The molecule has 2 fully saturated rings. The average Bonchev–Trinajstić information content (AvgIpc) is 3.28. The van der Waals surface area contributed by atoms with Gasteiger partial charge in [0.15, 0.2) is 0 Å². The number of piperidine rings is 1. The van der Waals surface area contributed by atoms with E-state index in [1.807, 2.05) is 13.8 Å². The van der Waals surface area contributed by atoms with Crippen LogP contribution in [0.2, 0.25) is 0 Å². The lowest BCUT2D eigenvalue weighted by Crippen LogP contribution is -2.59. The highest BCUT2D eigenvalue weighted by Gasteiger charge is 2.39. The molecule has 32 heavy (non-hydrogen) atoms. The molecule has 0 aromatic carbocycles. The number of hydrogen-bond acceptors (Lipinski definition) is 4. The van der Waals surface area contributed by atoms with Crippen molar-refractivity contribution in [2.75, 3.05) is 13.6 Å². The Morgan fingerprint density at radius 1 is 1.03 bits per heavy atom. The first kappa shape index (κ1) is 26.4. The van der Waals surface area contributed by atoms with Crippen molar-refractivity contribution in [2.45, 2.75) is 104 Å². The molecule has 2 rings (SSSR count). The Bertz CT molecular complexity index is 697. The summed E-state index contributed by atoms with van der Waals surface area (Å²) in [5.74, 6) is -0.973. The minimum Gasteiger partial charge on any atom is -0.478 e. The van der Waals surface area contributed by atoms with Crippen molar-refractivity contribution < 1.29 is 19.5 Å². The molecule has 1 aliphatic carbocycles. The highest BCUT2D eigenvalue weighted by Crippen LogP contribution is 2.30. The molecule has 7 heteroatoms. The Kier molecular flexibility index (Phi) is 9.74. The van der Waals surface area contributed by atoms with Gasteiger partial charge in [0.25, 0.3) is 0 Å². The van der Waals surface area contributed by atoms with E-state index in [1.54, 1.807) is 24.9 Å². The first-order valence-electron chi connectivity index (χ1n) is 12.3. The van der Waals surface area contributed by atoms with E-state index in [1.165, 1.54) is 0 Å². The first-order valence-corrected chi connectivity index (χ1v) is 12.3. The summed E-state index contributed by atoms with van der Waals surface area (Å²) >= 11 is 0. The Labute approximate surface area is 193 Å². The molecule has 182 valence electrons. The first-order chi connectivity index (χ1) is 15.0. The second-order valence-electron chi connectivity index (χ2n) is 10.2. The van der Waals surface area contributed by atoms with Gasteiger partial charge in [0.2, 0.25) is 11.8 Å². The highest BCUT2D eigenvalue weighted by atomic mass is 16.4. The monoisotopic (exact) mass is 449 g/mol. The van der Waals surface area contributed by atoms with Crippen molar-refractivity contribution in [1.29, 1.82) is 0 Å². The maximum absolute atomic E-state index is 13.7. The Balaban J connectivity index is 2.25. The molecule has 1 aliphatic heterocycles. The van der Waals surface area contributed by atoms with E-state index >= 15 is 0 Å². The zero-order valence-electron chi connectivity index (χ0n) is 20.8. The predicted molar refractivity (Wildman–Crippen MR) is 126 cm³/mol. The molecule has 0 radical (unpaired) electrons. The van der Waals surface area contributed by atoms with Gasteiger partial charge in [0.05, 0.1) is 12.1 Å². The van der Waals surface area contributed by atoms with Crippen LogP contribution in [0, 0.1) is 11.8 Å². The van der Waals surface area contributed by atoms with Crippen molar-refractivity contribution in [3.63, 3.8) is 0 Å². The van der Waals surface area contributed by atoms with Crippen LogP contribution in [0.1, 0.15) is 79.6 Å². The summed E-state index contributed by atoms with van der Waals surface area (Å²) in [4.78, 5) is 42.3. The summed E-state index contributed by atoms with van der Waals surface area (Å²) in [6.45, 7) is 10.6. The van der Waals surface area contributed by atoms with Crippen LogP contribution in [0.25, 0.3) is 0 Å². The molecule has 0 spiro atoms. The van der Waals surface area contributed by atoms with E-state index in [-0.39, 0.29) is 47.3 Å². The number of carboxylic acid groups (broad SMARTS) is 1. The standard InChI is InChI=1S/C25H43N3O4/c1-16(2)21(15-18(5)25(31)32)27(6)24(30)22(19-11-7-8-12-19)26-23(29)20-13-9-10-14-28(20)17(3)4/h15-17,19-22H,7-14H2,1-6H3,(H,26,29)(H,31,32)/t20?,21-,22-/m1/s1. The lowest BCUT2D eigenvalue weighted by atomic mass is 9.93. The van der Waals surface area contributed by atoms with Gasteiger partial charge in [0.1, 0.15) is 6.04 Å². The topological polar surface area (TPSA) is 90.0 Å². The molecule has 1 heterocycles. The van der Waals surface area contributed by atoms with E-state index in [9.17, 15) is 19.5 Å². The van der Waals surface area contributed by atoms with E-state index in [0.717, 1.165) is 51.5 Å². The number of likely N-dealkylation sites (tertiary alicyclic amines) is 1. The van der Waals surface area contributed by atoms with Crippen molar-refractivity contribution in [3.8, 4) is 0 Å². The van der Waals surface area contributed by atoms with Gasteiger partial charge >= 0.3 is 5.97 Å². The second kappa shape index (κ2) is 11.8. The summed E-state index contributed by atoms with van der Waals surface area (Å²) in [5.41, 5.74) is 0.222. The van der Waals surface area contributed by atoms with Gasteiger partial charge in [-0.25, -0.2) is 4.79 Å². The van der Waals surface area contributed by atoms with Crippen LogP contribution in [0.5, 0.6) is 0 Å². The lowest BCUT2D eigenvalue weighted by molar-refractivity contribution is -0.140. The Morgan fingerprint density at radius 2 is 1.62 bits per heavy atom. The number of rotatable bonds is 9. The third kappa shape index (κ3) is 6.56. The number of carboxylic acids is 1. The fourth-order valence-corrected chi connectivity index (χ4v) is 5.22. The van der Waals surface area contributed by atoms with Crippen LogP contribution in [0.4, 0.5) is 0 Å². The quantitative estimate of drug-likeness (QED) is 0.526. The Morgan fingerprint density at radius 3 is 2.16 bits per heavy atom. The number of nitrogens with zero attached hydrogens (tertiary/aromatic N) is 2. The van der Waals surface area contributed by atoms with E-state index in [0.29, 0.717) is 0 Å². The Hall–Kier alpha value is -1.89. The molecule has 1 saturated carbocycles. The number of amides is 2. The third-order valence-electron chi connectivity index (χ3n) is 7.18. The van der Waals surface area contributed by atoms with Gasteiger partial charge < -0.3 is 15.3 Å². The number of carbonyl (C=O) groups is 3. The normalized spacial score (nSPS) is 22.8. The zero-order chi connectivity index (χ0) is 24.0. The van der Waals surface area contributed by atoms with Crippen LogP contribution >= 0.6 is 0 Å². The molecule has 0 aromatic heterocycles. The summed E-state index contributed by atoms with van der Waals surface area (Å²) in [7, 11) is 1.73. The van der Waals surface area contributed by atoms with Crippen molar-refractivity contribution in [1.82, 2.24) is 15.1 Å². The van der Waals surface area contributed by atoms with Crippen molar-refractivity contribution >= 4 is 17.8 Å². The molecule has 2 amide bonds. The number of carbonyl (C=O) groups excluding carboxylic acids is 2. The second-order valence-corrected chi connectivity index (χ2v) is 10.2. The molecule has 2 N–H and O–H groups in total. The van der Waals surface area contributed by atoms with Crippen LogP contribution in [0.3, 0.4) is 0 Å². The molecule has 2 aliphatic rings. The maximum atomic E-state index is 13.7. The summed E-state index contributed by atoms with van der Waals surface area (Å²) < 4.78 is 0. The predicted octanol–water partition coefficient (Wildman–Crippen LogP) is 3.44. The highest BCUT2D eigenvalue weighted by molar-refractivity contribution is 5.90. The molecule has 7 nitrogen and oxygen atoms in total. The van der Waals surface area contributed by atoms with Gasteiger partial charge in [-0.2, -0.15) is 0 Å². The van der Waals surface area contributed by atoms with E-state index < -0.39 is 12.0 Å². The third-order valence-corrected chi connectivity index (χ3v) is 7.18. The molecular weight excluding hydrogens is 406 g/mol. The van der Waals surface area contributed by atoms with Gasteiger partial charge in [-0.15, -0.1) is 0 Å². The number of likely N-dealkylation sites (N-methyl/N-ethyl adjacent to an activating group) is 1. The summed E-state index contributed by atoms with van der Waals surface area (Å²) in [5, 5.41) is 12.5. The molecule has 1 saturated heterocycles. The van der Waals surface area contributed by atoms with Crippen LogP contribution in [0.15, 0.2) is 11.6 Å². The van der Waals surface area contributed by atoms with Crippen LogP contribution in [-0.2, 0) is 14.4 Å². The van der Waals surface area contributed by atoms with Gasteiger partial charge in [-0.1, -0.05) is 39.2 Å². The summed E-state index contributed by atoms with van der Waals surface area (Å²) in [6, 6.07) is -0.823. The van der Waals surface area contributed by atoms with E-state index in [4.69, 9.17) is 0 Å². The van der Waals surface area contributed by atoms with Crippen molar-refractivity contribution in [3.05, 3.63) is 11.6 Å². The van der Waals surface area contributed by atoms with Crippen molar-refractivity contribution in [2.24, 2.45) is 11.8 Å². The maximum Gasteiger partial charge on any atom is 0.331 e. The molecular formula is C25H43N3O4. The molecule has 1 unspecified atom stereocenters. The van der Waals surface area contributed by atoms with Crippen LogP contribution < -0.4 is 5.32 Å². The number of nitrogens with one attached hydrogen (secondary N) is 1.